The predicted molar refractivity (Wildman–Crippen MR) is 127 cm³/mol. The van der Waals surface area contributed by atoms with Gasteiger partial charge in [0.1, 0.15) is 31.5 Å². The topological polar surface area (TPSA) is 120 Å². The van der Waals surface area contributed by atoms with Crippen molar-refractivity contribution in [3.05, 3.63) is 102 Å². The third-order valence-corrected chi connectivity index (χ3v) is 4.90. The molecular weight excluding hydrogens is 434 g/mol. The van der Waals surface area contributed by atoms with Gasteiger partial charge in [-0.25, -0.2) is 4.79 Å². The Balaban J connectivity index is 1.42. The van der Waals surface area contributed by atoms with Crippen molar-refractivity contribution in [3.63, 3.8) is 0 Å². The molecule has 176 valence electrons. The second kappa shape index (κ2) is 12.6. The number of hydrogen-bond acceptors (Lipinski definition) is 5. The summed E-state index contributed by atoms with van der Waals surface area (Å²) in [5, 5.41) is 4.89. The summed E-state index contributed by atoms with van der Waals surface area (Å²) < 4.78 is 10.8. The third kappa shape index (κ3) is 8.31. The van der Waals surface area contributed by atoms with E-state index in [1.54, 1.807) is 12.1 Å². The predicted octanol–water partition coefficient (Wildman–Crippen LogP) is 2.70. The molecule has 3 aromatic rings. The number of benzene rings is 3. The number of alkyl carbamates (subject to hydrolysis) is 1. The molecular formula is C26H27N3O5. The van der Waals surface area contributed by atoms with E-state index < -0.39 is 23.9 Å². The van der Waals surface area contributed by atoms with Crippen LogP contribution in [0.3, 0.4) is 0 Å². The van der Waals surface area contributed by atoms with Gasteiger partial charge in [0.25, 0.3) is 0 Å². The first-order valence-electron chi connectivity index (χ1n) is 10.8. The lowest BCUT2D eigenvalue weighted by molar-refractivity contribution is -0.126. The fourth-order valence-electron chi connectivity index (χ4n) is 3.09. The SMILES string of the molecule is NC(=O)C(Cc1ccc(OCc2ccccc2)cc1)NC(=O)CNC(=O)OCc1ccccc1. The van der Waals surface area contributed by atoms with Crippen LogP contribution < -0.4 is 21.1 Å². The van der Waals surface area contributed by atoms with Gasteiger partial charge in [0.05, 0.1) is 0 Å². The van der Waals surface area contributed by atoms with Crippen molar-refractivity contribution in [1.82, 2.24) is 10.6 Å². The molecule has 0 spiro atoms. The zero-order valence-corrected chi connectivity index (χ0v) is 18.6. The molecule has 0 radical (unpaired) electrons. The van der Waals surface area contributed by atoms with Crippen LogP contribution in [0.1, 0.15) is 16.7 Å². The number of hydrogen-bond donors (Lipinski definition) is 3. The normalized spacial score (nSPS) is 11.2. The third-order valence-electron chi connectivity index (χ3n) is 4.90. The zero-order chi connectivity index (χ0) is 24.2. The van der Waals surface area contributed by atoms with Crippen LogP contribution in [0, 0.1) is 0 Å². The summed E-state index contributed by atoms with van der Waals surface area (Å²) in [6.07, 6.45) is -0.529. The Morgan fingerprint density at radius 2 is 1.35 bits per heavy atom. The van der Waals surface area contributed by atoms with Crippen LogP contribution in [0.5, 0.6) is 5.75 Å². The van der Waals surface area contributed by atoms with Gasteiger partial charge in [-0.1, -0.05) is 72.8 Å². The highest BCUT2D eigenvalue weighted by Crippen LogP contribution is 2.15. The van der Waals surface area contributed by atoms with E-state index in [9.17, 15) is 14.4 Å². The molecule has 3 rings (SSSR count). The van der Waals surface area contributed by atoms with Crippen LogP contribution >= 0.6 is 0 Å². The van der Waals surface area contributed by atoms with E-state index in [4.69, 9.17) is 15.2 Å². The molecule has 0 fully saturated rings. The van der Waals surface area contributed by atoms with Gasteiger partial charge >= 0.3 is 6.09 Å². The molecule has 0 heterocycles. The van der Waals surface area contributed by atoms with Crippen LogP contribution in [0.2, 0.25) is 0 Å². The molecule has 3 aromatic carbocycles. The molecule has 0 aliphatic heterocycles. The van der Waals surface area contributed by atoms with Crippen LogP contribution in [-0.2, 0) is 34.0 Å². The number of carbonyl (C=O) groups is 3. The maximum absolute atomic E-state index is 12.2. The molecule has 34 heavy (non-hydrogen) atoms. The lowest BCUT2D eigenvalue weighted by atomic mass is 10.1. The molecule has 8 heteroatoms. The summed E-state index contributed by atoms with van der Waals surface area (Å²) in [6.45, 7) is 0.188. The number of nitrogens with one attached hydrogen (secondary N) is 2. The van der Waals surface area contributed by atoms with Gasteiger partial charge in [-0.05, 0) is 28.8 Å². The highest BCUT2D eigenvalue weighted by molar-refractivity contribution is 5.88. The first-order chi connectivity index (χ1) is 16.5. The van der Waals surface area contributed by atoms with Crippen molar-refractivity contribution in [2.45, 2.75) is 25.7 Å². The van der Waals surface area contributed by atoms with Crippen molar-refractivity contribution in [2.75, 3.05) is 6.54 Å². The Morgan fingerprint density at radius 3 is 1.94 bits per heavy atom. The van der Waals surface area contributed by atoms with Crippen molar-refractivity contribution in [1.29, 1.82) is 0 Å². The van der Waals surface area contributed by atoms with Gasteiger partial charge in [0, 0.05) is 6.42 Å². The van der Waals surface area contributed by atoms with E-state index in [1.807, 2.05) is 72.8 Å². The first-order valence-corrected chi connectivity index (χ1v) is 10.8. The molecule has 1 atom stereocenters. The molecule has 0 aliphatic carbocycles. The molecule has 4 N–H and O–H groups in total. The van der Waals surface area contributed by atoms with Crippen molar-refractivity contribution in [3.8, 4) is 5.75 Å². The Morgan fingerprint density at radius 1 is 0.765 bits per heavy atom. The van der Waals surface area contributed by atoms with Gasteiger partial charge < -0.3 is 25.8 Å². The summed E-state index contributed by atoms with van der Waals surface area (Å²) in [7, 11) is 0. The summed E-state index contributed by atoms with van der Waals surface area (Å²) >= 11 is 0. The Bertz CT molecular complexity index is 1070. The second-order valence-electron chi connectivity index (χ2n) is 7.56. The van der Waals surface area contributed by atoms with Gasteiger partial charge in [0.2, 0.25) is 11.8 Å². The molecule has 0 bridgehead atoms. The van der Waals surface area contributed by atoms with Crippen LogP contribution in [0.4, 0.5) is 4.79 Å². The van der Waals surface area contributed by atoms with Crippen LogP contribution in [0.15, 0.2) is 84.9 Å². The Labute approximate surface area is 198 Å². The lowest BCUT2D eigenvalue weighted by Crippen LogP contribution is -2.49. The maximum Gasteiger partial charge on any atom is 0.407 e. The fraction of sp³-hybridized carbons (Fsp3) is 0.192. The van der Waals surface area contributed by atoms with Gasteiger partial charge in [-0.2, -0.15) is 0 Å². The smallest absolute Gasteiger partial charge is 0.407 e. The molecule has 3 amide bonds. The van der Waals surface area contributed by atoms with E-state index in [1.165, 1.54) is 0 Å². The average Bonchev–Trinajstić information content (AvgIpc) is 2.86. The molecule has 1 unspecified atom stereocenters. The Kier molecular flexibility index (Phi) is 9.04. The summed E-state index contributed by atoms with van der Waals surface area (Å²) in [5.74, 6) is -0.543. The van der Waals surface area contributed by atoms with Crippen molar-refractivity contribution >= 4 is 17.9 Å². The summed E-state index contributed by atoms with van der Waals surface area (Å²) in [5.41, 5.74) is 8.13. The minimum atomic E-state index is -0.925. The molecule has 0 aromatic heterocycles. The monoisotopic (exact) mass is 461 g/mol. The van der Waals surface area contributed by atoms with Crippen LogP contribution in [0.25, 0.3) is 0 Å². The van der Waals surface area contributed by atoms with E-state index in [2.05, 4.69) is 10.6 Å². The zero-order valence-electron chi connectivity index (χ0n) is 18.6. The largest absolute Gasteiger partial charge is 0.489 e. The van der Waals surface area contributed by atoms with Gasteiger partial charge in [0.15, 0.2) is 0 Å². The number of amides is 3. The highest BCUT2D eigenvalue weighted by atomic mass is 16.5. The van der Waals surface area contributed by atoms with Crippen LogP contribution in [-0.4, -0.2) is 30.5 Å². The van der Waals surface area contributed by atoms with Crippen molar-refractivity contribution < 1.29 is 23.9 Å². The number of nitrogens with two attached hydrogens (primary N) is 1. The molecule has 0 saturated heterocycles. The van der Waals surface area contributed by atoms with Crippen molar-refractivity contribution in [2.24, 2.45) is 5.73 Å². The molecule has 0 aliphatic rings. The number of primary amides is 1. The summed E-state index contributed by atoms with van der Waals surface area (Å²) in [6, 6.07) is 25.2. The van der Waals surface area contributed by atoms with E-state index in [0.29, 0.717) is 12.4 Å². The molecule has 8 nitrogen and oxygen atoms in total. The standard InChI is InChI=1S/C26H27N3O5/c27-25(31)23(29-24(30)16-28-26(32)34-18-21-9-5-2-6-10-21)15-19-11-13-22(14-12-19)33-17-20-7-3-1-4-8-20/h1-14,23H,15-18H2,(H2,27,31)(H,28,32)(H,29,30). The fourth-order valence-corrected chi connectivity index (χ4v) is 3.09. The lowest BCUT2D eigenvalue weighted by Gasteiger charge is -2.16. The van der Waals surface area contributed by atoms with Gasteiger partial charge in [-0.3, -0.25) is 9.59 Å². The first kappa shape index (κ1) is 24.3. The van der Waals surface area contributed by atoms with E-state index in [-0.39, 0.29) is 19.6 Å². The molecule has 0 saturated carbocycles. The van der Waals surface area contributed by atoms with Gasteiger partial charge in [-0.15, -0.1) is 0 Å². The second-order valence-corrected chi connectivity index (χ2v) is 7.56. The Hall–Kier alpha value is -4.33. The minimum Gasteiger partial charge on any atom is -0.489 e. The quantitative estimate of drug-likeness (QED) is 0.406. The van der Waals surface area contributed by atoms with E-state index >= 15 is 0 Å². The van der Waals surface area contributed by atoms with E-state index in [0.717, 1.165) is 16.7 Å². The number of ether oxygens (including phenoxy) is 2. The number of carbonyl (C=O) groups excluding carboxylic acids is 3. The highest BCUT2D eigenvalue weighted by Gasteiger charge is 2.19. The average molecular weight is 462 g/mol. The maximum atomic E-state index is 12.2. The minimum absolute atomic E-state index is 0.0866. The number of rotatable bonds is 11. The summed E-state index contributed by atoms with van der Waals surface area (Å²) in [4.78, 5) is 35.8.